The summed E-state index contributed by atoms with van der Waals surface area (Å²) in [6.07, 6.45) is -62.7. The van der Waals surface area contributed by atoms with Gasteiger partial charge in [0.2, 0.25) is 0 Å². The summed E-state index contributed by atoms with van der Waals surface area (Å²) >= 11 is 0. The predicted molar refractivity (Wildman–Crippen MR) is 267 cm³/mol. The van der Waals surface area contributed by atoms with Crippen molar-refractivity contribution in [1.29, 1.82) is 0 Å². The number of ether oxygens (including phenoxy) is 10. The Morgan fingerprint density at radius 2 is 0.774 bits per heavy atom. The monoisotopic (exact) mass is 1540 g/mol. The average molecular weight is 1550 g/mol. The van der Waals surface area contributed by atoms with Gasteiger partial charge in [-0.1, -0.05) is 0 Å². The Kier molecular flexibility index (Phi) is 29.0. The molecule has 52 nitrogen and oxygen atoms in total. The molecule has 93 heavy (non-hydrogen) atoms. The van der Waals surface area contributed by atoms with Crippen molar-refractivity contribution in [1.82, 2.24) is 14.8 Å². The van der Waals surface area contributed by atoms with Gasteiger partial charge in [-0.3, -0.25) is 41.7 Å². The second-order valence-corrected chi connectivity index (χ2v) is 28.2. The normalized spacial score (nSPS) is 37.9. The van der Waals surface area contributed by atoms with E-state index in [-0.39, 0.29) is 29.6 Å². The molecule has 19 N–H and O–H groups in total. The van der Waals surface area contributed by atoms with Gasteiger partial charge < -0.3 is 88.2 Å². The maximum Gasteiger partial charge on any atom is 1.00 e. The number of carbonyl (C=O) groups is 2. The molecule has 0 amide bonds. The molecule has 0 aliphatic carbocycles. The number of aliphatic hydroxyl groups excluding tert-OH is 6. The smallest absolute Gasteiger partial charge is 0.479 e. The Morgan fingerprint density at radius 1 is 0.387 bits per heavy atom. The minimum absolute atomic E-state index is 0. The third-order valence-electron chi connectivity index (χ3n) is 12.7. The van der Waals surface area contributed by atoms with Crippen molar-refractivity contribution >= 4 is 94.7 Å². The molecule has 61 heteroatoms. The first-order valence-corrected chi connectivity index (χ1v) is 35.3. The van der Waals surface area contributed by atoms with E-state index in [1.165, 1.54) is 4.72 Å². The third kappa shape index (κ3) is 24.8. The number of carboxylic acid groups (broad SMARTS) is 2. The van der Waals surface area contributed by atoms with Crippen LogP contribution in [-0.4, -0.2) is 343 Å². The van der Waals surface area contributed by atoms with Crippen molar-refractivity contribution in [2.24, 2.45) is 0 Å². The van der Waals surface area contributed by atoms with Crippen LogP contribution in [0.2, 0.25) is 0 Å². The Morgan fingerprint density at radius 3 is 1.22 bits per heavy atom. The number of aliphatic carboxylic acids is 2. The van der Waals surface area contributed by atoms with Crippen molar-refractivity contribution < 1.29 is 252 Å². The van der Waals surface area contributed by atoms with E-state index in [2.05, 4.69) is 20.9 Å². The molecular formula is C32H55N3NaO49S8+. The second-order valence-electron chi connectivity index (χ2n) is 19.0. The zero-order valence-electron chi connectivity index (χ0n) is 45.7. The molecule has 25 atom stereocenters. The molecule has 5 aliphatic heterocycles. The van der Waals surface area contributed by atoms with Gasteiger partial charge in [0.1, 0.15) is 103 Å². The number of hydrogen-bond acceptors (Lipinski definition) is 40. The Bertz CT molecular complexity index is 3520. The quantitative estimate of drug-likeness (QED) is 0.0226. The minimum atomic E-state index is -6.35. The molecule has 0 spiro atoms. The van der Waals surface area contributed by atoms with Gasteiger partial charge in [-0.2, -0.15) is 76.8 Å². The van der Waals surface area contributed by atoms with Crippen LogP contribution in [0, 0.1) is 0 Å². The van der Waals surface area contributed by atoms with Crippen LogP contribution in [0.5, 0.6) is 0 Å². The molecule has 0 aromatic carbocycles. The van der Waals surface area contributed by atoms with Crippen LogP contribution in [0.25, 0.3) is 0 Å². The topological polar surface area (TPSA) is 805 Å². The molecule has 5 aliphatic rings. The first-order chi connectivity index (χ1) is 41.7. The van der Waals surface area contributed by atoms with E-state index >= 15 is 0 Å². The standard InChI is InChI=1S/C32H55N3O49S8.Na/c1-70-28-10(34-86(49,50)51)14(38)18(7(75-28)3-72-89(58,59)60)77-32-23(84-92(67,68)69)17(41)22(25(82-32)27(44)45)80-30-11(35-87(52,53)54)20(83-91(64,65)66)19(8(76-30)4-73-90(61,62)63)78-31-16(40)15(39)21(24(81-31)26(42)43)79-29-9(33-5-85(46,47)48)13(37)12(36)6(74-29)2-71-88(55,56)57;/h6-25,28-41H,2-5H2,1H3,(H,42,43)(H,44,45)(H,46,47,48)(H,49,50,51)(H,52,53,54)(H,55,56,57)(H,58,59,60)(H,61,62,63)(H,64,65,66)(H,67,68,69);/q;+1/t6-,7-,8-,9-,10-,11-,12-,13-,14-,15-,16-,17+,18-,19+,20-,21+,22+,23-,24+,25-,28+,29-,30-,31-,32-;/m1./s1. The van der Waals surface area contributed by atoms with Crippen molar-refractivity contribution in [3.8, 4) is 0 Å². The molecule has 0 aromatic heterocycles. The Hall–Kier alpha value is -1.74. The van der Waals surface area contributed by atoms with Crippen LogP contribution in [0.3, 0.4) is 0 Å². The molecule has 5 rings (SSSR count). The molecule has 540 valence electrons. The van der Waals surface area contributed by atoms with Crippen molar-refractivity contribution in [3.05, 3.63) is 0 Å². The molecular weight excluding hydrogens is 1490 g/mol. The molecule has 5 fully saturated rings. The van der Waals surface area contributed by atoms with Crippen LogP contribution < -0.4 is 44.3 Å². The predicted octanol–water partition coefficient (Wildman–Crippen LogP) is -16.7. The zero-order chi connectivity index (χ0) is 70.1. The molecule has 5 heterocycles. The van der Waals surface area contributed by atoms with Gasteiger partial charge in [-0.25, -0.2) is 30.5 Å². The van der Waals surface area contributed by atoms with E-state index in [1.54, 1.807) is 0 Å². The maximum absolute atomic E-state index is 13.0. The summed E-state index contributed by atoms with van der Waals surface area (Å²) in [5.41, 5.74) is 0. The number of hydrogen-bond donors (Lipinski definition) is 19. The number of rotatable bonds is 31. The van der Waals surface area contributed by atoms with E-state index in [4.69, 9.17) is 51.9 Å². The van der Waals surface area contributed by atoms with Gasteiger partial charge in [0.05, 0.1) is 25.9 Å². The first-order valence-electron chi connectivity index (χ1n) is 24.0. The summed E-state index contributed by atoms with van der Waals surface area (Å²) in [5.74, 6) is -6.46. The van der Waals surface area contributed by atoms with Gasteiger partial charge in [-0.05, 0) is 0 Å². The summed E-state index contributed by atoms with van der Waals surface area (Å²) < 4.78 is 345. The van der Waals surface area contributed by atoms with Gasteiger partial charge in [-0.15, -0.1) is 0 Å². The fourth-order valence-electron chi connectivity index (χ4n) is 9.10. The zero-order valence-corrected chi connectivity index (χ0v) is 54.2. The van der Waals surface area contributed by atoms with Crippen LogP contribution in [0.15, 0.2) is 0 Å². The molecule has 5 saturated heterocycles. The molecule has 0 saturated carbocycles. The summed E-state index contributed by atoms with van der Waals surface area (Å²) in [7, 11) is -45.4. The van der Waals surface area contributed by atoms with E-state index in [0.717, 1.165) is 11.8 Å². The summed E-state index contributed by atoms with van der Waals surface area (Å²) in [4.78, 5) is 25.9. The average Bonchev–Trinajstić information content (AvgIpc) is 0.765. The van der Waals surface area contributed by atoms with Crippen LogP contribution in [-0.2, 0) is 161 Å². The Labute approximate surface area is 544 Å². The fraction of sp³-hybridized carbons (Fsp3) is 0.938. The third-order valence-corrected chi connectivity index (χ3v) is 16.6. The number of methoxy groups -OCH3 is 1. The van der Waals surface area contributed by atoms with E-state index in [0.29, 0.717) is 0 Å². The largest absolute Gasteiger partial charge is 1.00 e. The van der Waals surface area contributed by atoms with Gasteiger partial charge in [0.25, 0.3) is 10.1 Å². The van der Waals surface area contributed by atoms with Gasteiger partial charge >= 0.3 is 114 Å². The van der Waals surface area contributed by atoms with E-state index in [1.807, 2.05) is 5.32 Å². The van der Waals surface area contributed by atoms with E-state index in [9.17, 15) is 150 Å². The van der Waals surface area contributed by atoms with Crippen molar-refractivity contribution in [2.75, 3.05) is 32.8 Å². The fourth-order valence-corrected chi connectivity index (χ4v) is 12.6. The van der Waals surface area contributed by atoms with Crippen molar-refractivity contribution in [3.63, 3.8) is 0 Å². The van der Waals surface area contributed by atoms with E-state index < -0.39 is 274 Å². The number of carboxylic acids is 2. The van der Waals surface area contributed by atoms with Crippen LogP contribution >= 0.6 is 0 Å². The summed E-state index contributed by atoms with van der Waals surface area (Å²) in [5, 5.41) is 90.1. The van der Waals surface area contributed by atoms with Crippen LogP contribution in [0.4, 0.5) is 0 Å². The number of aliphatic hydroxyl groups is 6. The Balaban J connectivity index is 0.0000184. The van der Waals surface area contributed by atoms with Crippen molar-refractivity contribution in [2.45, 2.75) is 153 Å². The number of nitrogens with one attached hydrogen (secondary N) is 3. The summed E-state index contributed by atoms with van der Waals surface area (Å²) in [6.45, 7) is -5.00. The SMILES string of the molecule is CO[C@H]1O[C@H](COS(=O)(=O)O)[C@@H](O[C@@H]2O[C@@H](C(=O)O)[C@@H](O[C@H]3O[C@H](COS(=O)(=O)O)[C@H](O[C@@H]4O[C@H](C(=O)O)[C@@H](O[C@H]5O[C@H](COS(=O)(=O)O)[C@@H](O)[C@H](O)[C@H]5NCS(=O)(=O)O)[C@H](O)[C@H]4O)[C@H](OS(=O)(=O)O)[C@H]3NS(=O)(=O)O)[C@H](O)[C@H]2OS(=O)(=O)O)[C@H](O)[C@H]1NS(=O)(=O)O.[Na+]. The molecule has 0 bridgehead atoms. The molecule has 0 aromatic rings. The molecule has 0 unspecified atom stereocenters. The molecule has 0 radical (unpaired) electrons. The minimum Gasteiger partial charge on any atom is -0.479 e. The van der Waals surface area contributed by atoms with Gasteiger partial charge in [0.15, 0.2) is 49.8 Å². The van der Waals surface area contributed by atoms with Crippen LogP contribution in [0.1, 0.15) is 0 Å². The summed E-state index contributed by atoms with van der Waals surface area (Å²) in [6, 6.07) is -7.84. The maximum atomic E-state index is 13.0. The first kappa shape index (κ1) is 83.7. The second kappa shape index (κ2) is 32.3. The van der Waals surface area contributed by atoms with Gasteiger partial charge in [0, 0.05) is 7.11 Å².